The van der Waals surface area contributed by atoms with Gasteiger partial charge >= 0.3 is 6.03 Å². The maximum absolute atomic E-state index is 13.7. The van der Waals surface area contributed by atoms with Crippen molar-refractivity contribution in [1.82, 2.24) is 14.8 Å². The quantitative estimate of drug-likeness (QED) is 0.826. The number of anilines is 3. The molecule has 0 radical (unpaired) electrons. The van der Waals surface area contributed by atoms with Crippen molar-refractivity contribution >= 4 is 29.1 Å². The topological polar surface area (TPSA) is 68.8 Å². The second-order valence-electron chi connectivity index (χ2n) is 7.67. The molecule has 146 valence electrons. The summed E-state index contributed by atoms with van der Waals surface area (Å²) < 4.78 is 0. The van der Waals surface area contributed by atoms with E-state index in [-0.39, 0.29) is 18.0 Å². The molecule has 3 amide bonds. The molecular weight excluding hydrogens is 354 g/mol. The molecule has 7 nitrogen and oxygen atoms in total. The summed E-state index contributed by atoms with van der Waals surface area (Å²) in [6.07, 6.45) is 2.55. The first kappa shape index (κ1) is 18.4. The maximum atomic E-state index is 13.7. The highest BCUT2D eigenvalue weighted by Gasteiger charge is 2.36. The van der Waals surface area contributed by atoms with Crippen LogP contribution >= 0.6 is 0 Å². The molecule has 1 aromatic heterocycles. The molecule has 0 spiro atoms. The van der Waals surface area contributed by atoms with E-state index in [9.17, 15) is 9.59 Å². The number of piperidine rings is 1. The number of nitrogens with zero attached hydrogens (tertiary/aromatic N) is 4. The van der Waals surface area contributed by atoms with Gasteiger partial charge in [0, 0.05) is 25.8 Å². The predicted octanol–water partition coefficient (Wildman–Crippen LogP) is 3.18. The molecule has 0 saturated carbocycles. The van der Waals surface area contributed by atoms with Gasteiger partial charge in [0.05, 0.1) is 16.9 Å². The zero-order valence-corrected chi connectivity index (χ0v) is 16.4. The lowest BCUT2D eigenvalue weighted by Gasteiger charge is -2.41. The fourth-order valence-electron chi connectivity index (χ4n) is 4.25. The highest BCUT2D eigenvalue weighted by molar-refractivity contribution is 6.16. The van der Waals surface area contributed by atoms with Crippen LogP contribution in [0, 0.1) is 5.92 Å². The molecule has 4 rings (SSSR count). The lowest BCUT2D eigenvalue weighted by Crippen LogP contribution is -2.52. The van der Waals surface area contributed by atoms with Crippen molar-refractivity contribution in [3.8, 4) is 0 Å². The van der Waals surface area contributed by atoms with Crippen LogP contribution in [-0.2, 0) is 0 Å². The predicted molar refractivity (Wildman–Crippen MR) is 109 cm³/mol. The molecular formula is C21H25N5O2. The van der Waals surface area contributed by atoms with Crippen molar-refractivity contribution in [3.63, 3.8) is 0 Å². The van der Waals surface area contributed by atoms with E-state index >= 15 is 0 Å². The smallest absolute Gasteiger partial charge is 0.324 e. The van der Waals surface area contributed by atoms with E-state index in [0.29, 0.717) is 28.7 Å². The standard InChI is InChI=1S/C21H25N5O2/c1-14-13-24(2)12-10-17(14)25(3)21(28)26-18-9-5-4-7-15(18)20(27)23-16-8-6-11-22-19(16)26/h4-9,11,14,17H,10,12-13H2,1-3H3,(H,23,27)/t14-,17-/m1/s1. The Morgan fingerprint density at radius 2 is 2.04 bits per heavy atom. The van der Waals surface area contributed by atoms with Crippen LogP contribution in [0.25, 0.3) is 0 Å². The number of aromatic nitrogens is 1. The van der Waals surface area contributed by atoms with Gasteiger partial charge in [-0.3, -0.25) is 4.79 Å². The fraction of sp³-hybridized carbons (Fsp3) is 0.381. The van der Waals surface area contributed by atoms with Gasteiger partial charge in [-0.05, 0) is 50.2 Å². The third-order valence-corrected chi connectivity index (χ3v) is 5.69. The van der Waals surface area contributed by atoms with E-state index < -0.39 is 0 Å². The molecule has 1 aromatic carbocycles. The van der Waals surface area contributed by atoms with Gasteiger partial charge < -0.3 is 15.1 Å². The van der Waals surface area contributed by atoms with Gasteiger partial charge in [0.2, 0.25) is 0 Å². The van der Waals surface area contributed by atoms with Crippen molar-refractivity contribution in [2.24, 2.45) is 5.92 Å². The van der Waals surface area contributed by atoms with Crippen LogP contribution in [0.1, 0.15) is 23.7 Å². The van der Waals surface area contributed by atoms with Crippen LogP contribution in [0.5, 0.6) is 0 Å². The van der Waals surface area contributed by atoms with Gasteiger partial charge in [-0.2, -0.15) is 0 Å². The lowest BCUT2D eigenvalue weighted by molar-refractivity contribution is 0.102. The number of carbonyl (C=O) groups excluding carboxylic acids is 2. The molecule has 28 heavy (non-hydrogen) atoms. The summed E-state index contributed by atoms with van der Waals surface area (Å²) in [4.78, 5) is 36.5. The minimum absolute atomic E-state index is 0.134. The minimum atomic E-state index is -0.240. The van der Waals surface area contributed by atoms with E-state index in [1.165, 1.54) is 0 Å². The molecule has 7 heteroatoms. The maximum Gasteiger partial charge on any atom is 0.330 e. The molecule has 2 aliphatic heterocycles. The van der Waals surface area contributed by atoms with Crippen molar-refractivity contribution in [2.45, 2.75) is 19.4 Å². The monoisotopic (exact) mass is 379 g/mol. The van der Waals surface area contributed by atoms with E-state index in [0.717, 1.165) is 19.5 Å². The summed E-state index contributed by atoms with van der Waals surface area (Å²) in [6, 6.07) is 10.6. The number of carbonyl (C=O) groups is 2. The second-order valence-corrected chi connectivity index (χ2v) is 7.67. The lowest BCUT2D eigenvalue weighted by atomic mass is 9.93. The Balaban J connectivity index is 1.77. The highest BCUT2D eigenvalue weighted by Crippen LogP contribution is 2.37. The number of pyridine rings is 1. The van der Waals surface area contributed by atoms with Crippen molar-refractivity contribution in [3.05, 3.63) is 48.2 Å². The molecule has 1 N–H and O–H groups in total. The van der Waals surface area contributed by atoms with Gasteiger partial charge in [-0.25, -0.2) is 14.7 Å². The molecule has 0 aliphatic carbocycles. The van der Waals surface area contributed by atoms with Crippen LogP contribution in [0.4, 0.5) is 22.0 Å². The molecule has 2 atom stereocenters. The van der Waals surface area contributed by atoms with Crippen molar-refractivity contribution in [1.29, 1.82) is 0 Å². The third kappa shape index (κ3) is 3.11. The Morgan fingerprint density at radius 1 is 1.25 bits per heavy atom. The Morgan fingerprint density at radius 3 is 2.82 bits per heavy atom. The molecule has 0 bridgehead atoms. The average Bonchev–Trinajstić information content (AvgIpc) is 2.81. The van der Waals surface area contributed by atoms with Gasteiger partial charge in [-0.15, -0.1) is 0 Å². The van der Waals surface area contributed by atoms with Gasteiger partial charge in [0.15, 0.2) is 5.82 Å². The SMILES string of the molecule is C[C@@H]1CN(C)CC[C@H]1N(C)C(=O)N1c2ccccc2C(=O)Nc2cccnc21. The van der Waals surface area contributed by atoms with E-state index in [1.54, 1.807) is 41.4 Å². The Kier molecular flexibility index (Phi) is 4.77. The highest BCUT2D eigenvalue weighted by atomic mass is 16.2. The number of hydrogen-bond donors (Lipinski definition) is 1. The number of rotatable bonds is 1. The Bertz CT molecular complexity index is 915. The zero-order chi connectivity index (χ0) is 19.8. The molecule has 2 aliphatic rings. The number of likely N-dealkylation sites (tertiary alicyclic amines) is 1. The largest absolute Gasteiger partial charge is 0.330 e. The summed E-state index contributed by atoms with van der Waals surface area (Å²) in [7, 11) is 3.96. The van der Waals surface area contributed by atoms with Crippen LogP contribution < -0.4 is 10.2 Å². The molecule has 3 heterocycles. The number of urea groups is 1. The Labute approximate surface area is 164 Å². The molecule has 0 unspecified atom stereocenters. The van der Waals surface area contributed by atoms with Gasteiger partial charge in [0.25, 0.3) is 5.91 Å². The minimum Gasteiger partial charge on any atom is -0.324 e. The number of amides is 3. The van der Waals surface area contributed by atoms with E-state index in [1.807, 2.05) is 18.0 Å². The van der Waals surface area contributed by atoms with Gasteiger partial charge in [0.1, 0.15) is 0 Å². The van der Waals surface area contributed by atoms with E-state index in [4.69, 9.17) is 0 Å². The number of fused-ring (bicyclic) bond motifs is 2. The molecule has 1 fully saturated rings. The van der Waals surface area contributed by atoms with Gasteiger partial charge in [-0.1, -0.05) is 19.1 Å². The zero-order valence-electron chi connectivity index (χ0n) is 16.4. The van der Waals surface area contributed by atoms with Crippen LogP contribution in [0.2, 0.25) is 0 Å². The number of hydrogen-bond acceptors (Lipinski definition) is 4. The summed E-state index contributed by atoms with van der Waals surface area (Å²) in [6.45, 7) is 4.09. The second kappa shape index (κ2) is 7.24. The summed E-state index contributed by atoms with van der Waals surface area (Å²) >= 11 is 0. The first-order chi connectivity index (χ1) is 13.5. The first-order valence-corrected chi connectivity index (χ1v) is 9.58. The summed E-state index contributed by atoms with van der Waals surface area (Å²) in [5.74, 6) is 0.562. The number of benzene rings is 1. The number of para-hydroxylation sites is 1. The molecule has 1 saturated heterocycles. The normalized spacial score (nSPS) is 22.0. The summed E-state index contributed by atoms with van der Waals surface area (Å²) in [5, 5.41) is 2.88. The van der Waals surface area contributed by atoms with Crippen LogP contribution in [0.3, 0.4) is 0 Å². The first-order valence-electron chi connectivity index (χ1n) is 9.58. The third-order valence-electron chi connectivity index (χ3n) is 5.69. The van der Waals surface area contributed by atoms with Crippen molar-refractivity contribution < 1.29 is 9.59 Å². The average molecular weight is 379 g/mol. The van der Waals surface area contributed by atoms with E-state index in [2.05, 4.69) is 29.2 Å². The fourth-order valence-corrected chi connectivity index (χ4v) is 4.25. The van der Waals surface area contributed by atoms with Crippen molar-refractivity contribution in [2.75, 3.05) is 37.4 Å². The molecule has 2 aromatic rings. The Hall–Kier alpha value is -2.93. The number of nitrogens with one attached hydrogen (secondary N) is 1. The van der Waals surface area contributed by atoms with Crippen LogP contribution in [-0.4, -0.2) is 59.9 Å². The van der Waals surface area contributed by atoms with Crippen LogP contribution in [0.15, 0.2) is 42.6 Å². The summed E-state index contributed by atoms with van der Waals surface area (Å²) in [5.41, 5.74) is 1.54.